The van der Waals surface area contributed by atoms with E-state index in [1.54, 1.807) is 11.9 Å². The number of rotatable bonds is 7. The molecule has 20 heavy (non-hydrogen) atoms. The summed E-state index contributed by atoms with van der Waals surface area (Å²) in [7, 11) is 1.76. The molecule has 114 valence electrons. The Balaban J connectivity index is 2.62. The predicted octanol–water partition coefficient (Wildman–Crippen LogP) is 3.28. The van der Waals surface area contributed by atoms with Crippen LogP contribution in [0.25, 0.3) is 0 Å². The Morgan fingerprint density at radius 1 is 1.20 bits per heavy atom. The van der Waals surface area contributed by atoms with E-state index in [1.165, 1.54) is 0 Å². The van der Waals surface area contributed by atoms with E-state index in [0.717, 1.165) is 37.7 Å². The number of halogens is 4. The third-order valence-electron chi connectivity index (χ3n) is 2.91. The molecule has 0 atom stereocenters. The molecule has 0 fully saturated rings. The van der Waals surface area contributed by atoms with Crippen molar-refractivity contribution >= 4 is 0 Å². The number of nitrogens with one attached hydrogen (secondary N) is 1. The number of hydrogen-bond acceptors (Lipinski definition) is 2. The van der Waals surface area contributed by atoms with E-state index in [-0.39, 0.29) is 12.1 Å². The highest BCUT2D eigenvalue weighted by molar-refractivity contribution is 5.27. The second-order valence-corrected chi connectivity index (χ2v) is 4.79. The van der Waals surface area contributed by atoms with Gasteiger partial charge in [0.1, 0.15) is 5.82 Å². The molecule has 0 saturated heterocycles. The fourth-order valence-electron chi connectivity index (χ4n) is 1.81. The van der Waals surface area contributed by atoms with Gasteiger partial charge in [0.2, 0.25) is 0 Å². The van der Waals surface area contributed by atoms with Gasteiger partial charge in [-0.2, -0.15) is 13.2 Å². The molecule has 0 aliphatic rings. The zero-order valence-electron chi connectivity index (χ0n) is 11.7. The maximum Gasteiger partial charge on any atom is 0.416 e. The summed E-state index contributed by atoms with van der Waals surface area (Å²) >= 11 is 0. The Bertz CT molecular complexity index is 418. The van der Waals surface area contributed by atoms with Crippen molar-refractivity contribution in [2.75, 3.05) is 26.7 Å². The summed E-state index contributed by atoms with van der Waals surface area (Å²) in [4.78, 5) is 1.79. The molecule has 1 aromatic carbocycles. The van der Waals surface area contributed by atoms with Crippen molar-refractivity contribution in [2.24, 2.45) is 0 Å². The van der Waals surface area contributed by atoms with Crippen LogP contribution in [0.2, 0.25) is 0 Å². The Hall–Kier alpha value is -1.14. The quantitative estimate of drug-likeness (QED) is 0.613. The lowest BCUT2D eigenvalue weighted by Crippen LogP contribution is -2.29. The summed E-state index contributed by atoms with van der Waals surface area (Å²) in [5.74, 6) is -0.605. The van der Waals surface area contributed by atoms with Crippen molar-refractivity contribution in [3.8, 4) is 0 Å². The van der Waals surface area contributed by atoms with Gasteiger partial charge in [-0.15, -0.1) is 0 Å². The van der Waals surface area contributed by atoms with Gasteiger partial charge in [-0.25, -0.2) is 4.39 Å². The molecule has 0 unspecified atom stereocenters. The fraction of sp³-hybridized carbons (Fsp3) is 0.571. The lowest BCUT2D eigenvalue weighted by Gasteiger charge is -2.18. The number of hydrogen-bond donors (Lipinski definition) is 1. The van der Waals surface area contributed by atoms with Crippen molar-refractivity contribution in [1.29, 1.82) is 0 Å². The van der Waals surface area contributed by atoms with Crippen molar-refractivity contribution in [1.82, 2.24) is 10.2 Å². The van der Waals surface area contributed by atoms with E-state index in [0.29, 0.717) is 6.54 Å². The predicted molar refractivity (Wildman–Crippen MR) is 70.9 cm³/mol. The van der Waals surface area contributed by atoms with E-state index in [4.69, 9.17) is 0 Å². The summed E-state index contributed by atoms with van der Waals surface area (Å²) in [5.41, 5.74) is -0.746. The largest absolute Gasteiger partial charge is 0.416 e. The van der Waals surface area contributed by atoms with Gasteiger partial charge in [0.25, 0.3) is 0 Å². The van der Waals surface area contributed by atoms with Gasteiger partial charge < -0.3 is 10.2 Å². The maximum atomic E-state index is 13.6. The average molecular weight is 292 g/mol. The minimum Gasteiger partial charge on any atom is -0.315 e. The first-order valence-electron chi connectivity index (χ1n) is 6.59. The van der Waals surface area contributed by atoms with E-state index in [9.17, 15) is 17.6 Å². The lowest BCUT2D eigenvalue weighted by atomic mass is 10.1. The van der Waals surface area contributed by atoms with E-state index < -0.39 is 17.6 Å². The monoisotopic (exact) mass is 292 g/mol. The van der Waals surface area contributed by atoms with Crippen LogP contribution in [-0.2, 0) is 12.7 Å². The molecule has 0 aliphatic heterocycles. The number of alkyl halides is 3. The van der Waals surface area contributed by atoms with Crippen LogP contribution in [-0.4, -0.2) is 31.6 Å². The maximum absolute atomic E-state index is 13.6. The van der Waals surface area contributed by atoms with Gasteiger partial charge in [0.15, 0.2) is 0 Å². The smallest absolute Gasteiger partial charge is 0.315 e. The minimum atomic E-state index is -4.44. The molecule has 1 N–H and O–H groups in total. The van der Waals surface area contributed by atoms with Crippen LogP contribution in [0, 0.1) is 5.82 Å². The molecule has 0 saturated carbocycles. The highest BCUT2D eigenvalue weighted by atomic mass is 19.4. The Labute approximate surface area is 116 Å². The van der Waals surface area contributed by atoms with Crippen LogP contribution < -0.4 is 5.32 Å². The summed E-state index contributed by atoms with van der Waals surface area (Å²) in [6, 6.07) is 2.52. The van der Waals surface area contributed by atoms with E-state index >= 15 is 0 Å². The second kappa shape index (κ2) is 7.59. The molecule has 0 radical (unpaired) electrons. The SMILES string of the molecule is CCCNCCN(C)Cc1cc(C(F)(F)F)ccc1F. The second-order valence-electron chi connectivity index (χ2n) is 4.79. The van der Waals surface area contributed by atoms with Crippen LogP contribution in [0.5, 0.6) is 0 Å². The zero-order chi connectivity index (χ0) is 15.2. The molecule has 0 aliphatic carbocycles. The van der Waals surface area contributed by atoms with Crippen molar-refractivity contribution in [2.45, 2.75) is 26.1 Å². The summed E-state index contributed by atoms with van der Waals surface area (Å²) < 4.78 is 51.3. The van der Waals surface area contributed by atoms with Gasteiger partial charge >= 0.3 is 6.18 Å². The first-order valence-corrected chi connectivity index (χ1v) is 6.59. The van der Waals surface area contributed by atoms with Crippen molar-refractivity contribution < 1.29 is 17.6 Å². The van der Waals surface area contributed by atoms with Gasteiger partial charge in [-0.3, -0.25) is 0 Å². The van der Waals surface area contributed by atoms with Gasteiger partial charge in [0.05, 0.1) is 5.56 Å². The number of benzene rings is 1. The van der Waals surface area contributed by atoms with E-state index in [2.05, 4.69) is 12.2 Å². The molecular weight excluding hydrogens is 272 g/mol. The van der Waals surface area contributed by atoms with Crippen molar-refractivity contribution in [3.63, 3.8) is 0 Å². The molecule has 0 heterocycles. The highest BCUT2D eigenvalue weighted by Gasteiger charge is 2.31. The molecule has 0 aromatic heterocycles. The average Bonchev–Trinajstić information content (AvgIpc) is 2.36. The molecule has 0 amide bonds. The molecular formula is C14H20F4N2. The Morgan fingerprint density at radius 3 is 2.50 bits per heavy atom. The lowest BCUT2D eigenvalue weighted by molar-refractivity contribution is -0.137. The van der Waals surface area contributed by atoms with Gasteiger partial charge in [-0.1, -0.05) is 6.92 Å². The first kappa shape index (κ1) is 16.9. The van der Waals surface area contributed by atoms with Gasteiger partial charge in [0, 0.05) is 25.2 Å². The van der Waals surface area contributed by atoms with Crippen LogP contribution in [0.4, 0.5) is 17.6 Å². The van der Waals surface area contributed by atoms with E-state index in [1.807, 2.05) is 0 Å². The summed E-state index contributed by atoms with van der Waals surface area (Å²) in [5, 5.41) is 3.19. The van der Waals surface area contributed by atoms with Crippen molar-refractivity contribution in [3.05, 3.63) is 35.1 Å². The Kier molecular flexibility index (Phi) is 6.42. The molecule has 6 heteroatoms. The third kappa shape index (κ3) is 5.46. The van der Waals surface area contributed by atoms with Crippen LogP contribution in [0.3, 0.4) is 0 Å². The minimum absolute atomic E-state index is 0.0674. The molecule has 1 rings (SSSR count). The highest BCUT2D eigenvalue weighted by Crippen LogP contribution is 2.30. The molecule has 2 nitrogen and oxygen atoms in total. The number of likely N-dealkylation sites (N-methyl/N-ethyl adjacent to an activating group) is 1. The Morgan fingerprint density at radius 2 is 1.90 bits per heavy atom. The standard InChI is InChI=1S/C14H20F4N2/c1-3-6-19-7-8-20(2)10-11-9-12(14(16,17)18)4-5-13(11)15/h4-5,9,19H,3,6-8,10H2,1-2H3. The summed E-state index contributed by atoms with van der Waals surface area (Å²) in [6.45, 7) is 4.48. The number of nitrogens with zero attached hydrogens (tertiary/aromatic N) is 1. The zero-order valence-corrected chi connectivity index (χ0v) is 11.7. The van der Waals surface area contributed by atoms with Gasteiger partial charge in [-0.05, 0) is 38.2 Å². The van der Waals surface area contributed by atoms with Crippen LogP contribution >= 0.6 is 0 Å². The molecule has 0 spiro atoms. The fourth-order valence-corrected chi connectivity index (χ4v) is 1.81. The van der Waals surface area contributed by atoms with Crippen LogP contribution in [0.15, 0.2) is 18.2 Å². The summed E-state index contributed by atoms with van der Waals surface area (Å²) in [6.07, 6.45) is -3.42. The molecule has 1 aromatic rings. The van der Waals surface area contributed by atoms with Crippen LogP contribution in [0.1, 0.15) is 24.5 Å². The normalized spacial score (nSPS) is 12.2. The molecule has 0 bridgehead atoms. The topological polar surface area (TPSA) is 15.3 Å². The first-order chi connectivity index (χ1) is 9.34. The third-order valence-corrected chi connectivity index (χ3v) is 2.91.